The summed E-state index contributed by atoms with van der Waals surface area (Å²) in [5.41, 5.74) is 3.20. The van der Waals surface area contributed by atoms with E-state index in [1.165, 1.54) is 38.5 Å². The van der Waals surface area contributed by atoms with Crippen molar-refractivity contribution in [3.63, 3.8) is 0 Å². The van der Waals surface area contributed by atoms with Crippen molar-refractivity contribution in [2.45, 2.75) is 12.8 Å². The third-order valence-corrected chi connectivity index (χ3v) is 7.39. The predicted molar refractivity (Wildman–Crippen MR) is 165 cm³/mol. The topological polar surface area (TPSA) is 124 Å². The lowest BCUT2D eigenvalue weighted by molar-refractivity contribution is 0.0425. The molecule has 0 saturated heterocycles. The lowest BCUT2D eigenvalue weighted by atomic mass is 9.95. The summed E-state index contributed by atoms with van der Waals surface area (Å²) in [5, 5.41) is 0. The zero-order valence-electron chi connectivity index (χ0n) is 24.8. The minimum absolute atomic E-state index is 0.0820. The van der Waals surface area contributed by atoms with Crippen molar-refractivity contribution in [2.24, 2.45) is 0 Å². The summed E-state index contributed by atoms with van der Waals surface area (Å²) in [6.45, 7) is 7.74. The molecule has 0 N–H and O–H groups in total. The fourth-order valence-corrected chi connectivity index (χ4v) is 5.29. The van der Waals surface area contributed by atoms with E-state index in [9.17, 15) is 19.2 Å². The van der Waals surface area contributed by atoms with E-state index in [0.717, 1.165) is 11.1 Å². The van der Waals surface area contributed by atoms with Crippen LogP contribution in [0.3, 0.4) is 0 Å². The molecular formula is C36H26O10. The molecule has 2 aliphatic rings. The average molecular weight is 619 g/mol. The van der Waals surface area contributed by atoms with Crippen LogP contribution in [0.2, 0.25) is 0 Å². The van der Waals surface area contributed by atoms with Crippen molar-refractivity contribution >= 4 is 23.9 Å². The molecule has 46 heavy (non-hydrogen) atoms. The quantitative estimate of drug-likeness (QED) is 0.0983. The van der Waals surface area contributed by atoms with Crippen molar-refractivity contribution in [3.05, 3.63) is 119 Å². The highest BCUT2D eigenvalue weighted by molar-refractivity contribution is 6.15. The van der Waals surface area contributed by atoms with Gasteiger partial charge in [0.2, 0.25) is 0 Å². The minimum Gasteiger partial charge on any atom is -0.493 e. The first-order valence-electron chi connectivity index (χ1n) is 14.0. The Balaban J connectivity index is 1.55. The summed E-state index contributed by atoms with van der Waals surface area (Å²) in [5.74, 6) is -1.20. The first-order chi connectivity index (χ1) is 22.2. The smallest absolute Gasteiger partial charge is 0.347 e. The van der Waals surface area contributed by atoms with Crippen molar-refractivity contribution in [2.75, 3.05) is 14.2 Å². The van der Waals surface area contributed by atoms with Crippen LogP contribution in [-0.2, 0) is 22.3 Å². The molecule has 6 rings (SSSR count). The Hall–Kier alpha value is -6.16. The van der Waals surface area contributed by atoms with Gasteiger partial charge in [-0.2, -0.15) is 0 Å². The molecule has 10 heteroatoms. The molecule has 0 bridgehead atoms. The summed E-state index contributed by atoms with van der Waals surface area (Å²) in [7, 11) is 3.00. The number of ether oxygens (including phenoxy) is 6. The Kier molecular flexibility index (Phi) is 7.85. The molecule has 0 atom stereocenters. The van der Waals surface area contributed by atoms with Crippen LogP contribution in [0.5, 0.6) is 34.5 Å². The summed E-state index contributed by atoms with van der Waals surface area (Å²) >= 11 is 0. The van der Waals surface area contributed by atoms with Gasteiger partial charge >= 0.3 is 23.9 Å². The fraction of sp³-hybridized carbons (Fsp3) is 0.111. The monoisotopic (exact) mass is 618 g/mol. The Bertz CT molecular complexity index is 1840. The first-order valence-corrected chi connectivity index (χ1v) is 14.0. The van der Waals surface area contributed by atoms with Gasteiger partial charge in [0.15, 0.2) is 23.0 Å². The molecule has 0 radical (unpaired) electrons. The van der Waals surface area contributed by atoms with Crippen LogP contribution in [0.15, 0.2) is 86.0 Å². The highest BCUT2D eigenvalue weighted by atomic mass is 16.6. The van der Waals surface area contributed by atoms with Crippen molar-refractivity contribution in [3.8, 4) is 45.6 Å². The normalized spacial score (nSPS) is 13.0. The van der Waals surface area contributed by atoms with Gasteiger partial charge in [-0.1, -0.05) is 12.2 Å². The largest absolute Gasteiger partial charge is 0.493 e. The van der Waals surface area contributed by atoms with E-state index in [1.807, 2.05) is 12.1 Å². The lowest BCUT2D eigenvalue weighted by Gasteiger charge is -2.21. The molecule has 0 amide bonds. The highest BCUT2D eigenvalue weighted by Crippen LogP contribution is 2.49. The molecule has 0 saturated carbocycles. The van der Waals surface area contributed by atoms with Crippen LogP contribution in [0.4, 0.5) is 0 Å². The second-order valence-corrected chi connectivity index (χ2v) is 10.3. The number of carbonyl (C=O) groups excluding carboxylic acids is 4. The van der Waals surface area contributed by atoms with E-state index in [2.05, 4.69) is 13.2 Å². The molecule has 0 spiro atoms. The molecule has 0 aromatic heterocycles. The predicted octanol–water partition coefficient (Wildman–Crippen LogP) is 7.03. The maximum absolute atomic E-state index is 12.3. The molecule has 0 unspecified atom stereocenters. The number of cyclic esters (lactones) is 4. The fourth-order valence-electron chi connectivity index (χ4n) is 5.29. The molecule has 10 nitrogen and oxygen atoms in total. The SMILES string of the molecule is C=CCc1cc(OC)c(Oc2ccc3c(c2)C(=O)OC3=O)c(-c2cc(CC=C)cc(OC)c2Oc2ccc3c(c2)C(=O)OC3=O)c1. The molecule has 0 fully saturated rings. The van der Waals surface area contributed by atoms with Crippen molar-refractivity contribution in [1.29, 1.82) is 0 Å². The molecule has 2 heterocycles. The molecule has 230 valence electrons. The maximum Gasteiger partial charge on any atom is 0.347 e. The van der Waals surface area contributed by atoms with E-state index in [0.29, 0.717) is 35.5 Å². The number of hydrogen-bond donors (Lipinski definition) is 0. The Morgan fingerprint density at radius 3 is 1.30 bits per heavy atom. The summed E-state index contributed by atoms with van der Waals surface area (Å²) < 4.78 is 33.9. The number of hydrogen-bond acceptors (Lipinski definition) is 10. The Morgan fingerprint density at radius 1 is 0.543 bits per heavy atom. The van der Waals surface area contributed by atoms with Gasteiger partial charge in [0.25, 0.3) is 0 Å². The number of methoxy groups -OCH3 is 2. The van der Waals surface area contributed by atoms with E-state index < -0.39 is 23.9 Å². The Labute approximate surface area is 263 Å². The van der Waals surface area contributed by atoms with Gasteiger partial charge in [0.1, 0.15) is 11.5 Å². The number of rotatable bonds is 11. The summed E-state index contributed by atoms with van der Waals surface area (Å²) in [6, 6.07) is 16.3. The van der Waals surface area contributed by atoms with E-state index in [4.69, 9.17) is 28.4 Å². The first kappa shape index (κ1) is 29.9. The number of benzene rings is 4. The standard InChI is InChI=1S/C36H26O10/c1-5-7-19-13-25(31(29(15-19)41-3)43-21-9-11-23-27(17-21)35(39)45-33(23)37)26-14-20(8-6-2)16-30(42-4)32(26)44-22-10-12-24-28(18-22)36(40)46-34(24)38/h5-6,9-18H,1-2,7-8H2,3-4H3. The van der Waals surface area contributed by atoms with E-state index in [1.54, 1.807) is 36.4 Å². The molecule has 2 aliphatic heterocycles. The van der Waals surface area contributed by atoms with Crippen LogP contribution in [0.1, 0.15) is 52.6 Å². The summed E-state index contributed by atoms with van der Waals surface area (Å²) in [6.07, 6.45) is 4.49. The van der Waals surface area contributed by atoms with Crippen LogP contribution in [-0.4, -0.2) is 38.1 Å². The Morgan fingerprint density at radius 2 is 0.935 bits per heavy atom. The van der Waals surface area contributed by atoms with Gasteiger partial charge in [-0.3, -0.25) is 0 Å². The molecular weight excluding hydrogens is 592 g/mol. The maximum atomic E-state index is 12.3. The number of fused-ring (bicyclic) bond motifs is 2. The van der Waals surface area contributed by atoms with Gasteiger partial charge in [-0.25, -0.2) is 19.2 Å². The summed E-state index contributed by atoms with van der Waals surface area (Å²) in [4.78, 5) is 48.6. The van der Waals surface area contributed by atoms with Gasteiger partial charge in [-0.05, 0) is 84.6 Å². The molecule has 0 aliphatic carbocycles. The zero-order chi connectivity index (χ0) is 32.5. The van der Waals surface area contributed by atoms with Crippen molar-refractivity contribution < 1.29 is 47.6 Å². The molecule has 4 aromatic carbocycles. The average Bonchev–Trinajstić information content (AvgIpc) is 3.50. The third kappa shape index (κ3) is 5.36. The van der Waals surface area contributed by atoms with Gasteiger partial charge in [-0.15, -0.1) is 13.2 Å². The molecule has 4 aromatic rings. The van der Waals surface area contributed by atoms with Crippen molar-refractivity contribution in [1.82, 2.24) is 0 Å². The van der Waals surface area contributed by atoms with Crippen LogP contribution < -0.4 is 18.9 Å². The number of carbonyl (C=O) groups is 4. The lowest BCUT2D eigenvalue weighted by Crippen LogP contribution is -2.01. The minimum atomic E-state index is -0.767. The van der Waals surface area contributed by atoms with Gasteiger partial charge < -0.3 is 28.4 Å². The number of allylic oxidation sites excluding steroid dienone is 2. The third-order valence-electron chi connectivity index (χ3n) is 7.39. The van der Waals surface area contributed by atoms with E-state index >= 15 is 0 Å². The van der Waals surface area contributed by atoms with Crippen LogP contribution in [0.25, 0.3) is 11.1 Å². The zero-order valence-corrected chi connectivity index (χ0v) is 24.8. The van der Waals surface area contributed by atoms with E-state index in [-0.39, 0.29) is 45.3 Å². The van der Waals surface area contributed by atoms with Crippen LogP contribution in [0, 0.1) is 0 Å². The van der Waals surface area contributed by atoms with Gasteiger partial charge in [0, 0.05) is 11.1 Å². The van der Waals surface area contributed by atoms with Gasteiger partial charge in [0.05, 0.1) is 36.5 Å². The second kappa shape index (κ2) is 12.1. The second-order valence-electron chi connectivity index (χ2n) is 10.3. The van der Waals surface area contributed by atoms with Crippen LogP contribution >= 0.6 is 0 Å². The number of esters is 4. The highest BCUT2D eigenvalue weighted by Gasteiger charge is 2.32.